The zero-order valence-electron chi connectivity index (χ0n) is 16.3. The van der Waals surface area contributed by atoms with Gasteiger partial charge in [-0.2, -0.15) is 5.10 Å². The van der Waals surface area contributed by atoms with E-state index in [2.05, 4.69) is 5.10 Å². The van der Waals surface area contributed by atoms with E-state index < -0.39 is 12.0 Å². The lowest BCUT2D eigenvalue weighted by Gasteiger charge is -2.37. The predicted molar refractivity (Wildman–Crippen MR) is 101 cm³/mol. The first-order valence-electron chi connectivity index (χ1n) is 9.17. The van der Waals surface area contributed by atoms with Crippen LogP contribution in [0, 0.1) is 0 Å². The lowest BCUT2D eigenvalue weighted by molar-refractivity contribution is -0.141. The molecule has 0 aliphatic carbocycles. The molecule has 1 amide bonds. The van der Waals surface area contributed by atoms with Crippen molar-refractivity contribution in [3.63, 3.8) is 0 Å². The molecule has 0 spiro atoms. The van der Waals surface area contributed by atoms with E-state index in [1.54, 1.807) is 29.0 Å². The van der Waals surface area contributed by atoms with Crippen molar-refractivity contribution in [2.45, 2.75) is 31.7 Å². The lowest BCUT2D eigenvalue weighted by atomic mass is 9.89. The highest BCUT2D eigenvalue weighted by atomic mass is 16.5. The number of carboxylic acid groups (broad SMARTS) is 1. The Morgan fingerprint density at radius 1 is 1.25 bits per heavy atom. The molecular weight excluding hydrogens is 362 g/mol. The molecule has 1 atom stereocenters. The second-order valence-electron chi connectivity index (χ2n) is 6.80. The molecule has 8 nitrogen and oxygen atoms in total. The number of aromatic nitrogens is 2. The van der Waals surface area contributed by atoms with Crippen molar-refractivity contribution in [3.8, 4) is 11.5 Å². The van der Waals surface area contributed by atoms with Gasteiger partial charge in [0.25, 0.3) is 0 Å². The molecule has 150 valence electrons. The average Bonchev–Trinajstić information content (AvgIpc) is 3.09. The molecule has 1 aromatic carbocycles. The number of aryl methyl sites for hydroxylation is 2. The minimum Gasteiger partial charge on any atom is -0.493 e. The molecule has 0 fully saturated rings. The minimum atomic E-state index is -0.947. The number of amides is 1. The van der Waals surface area contributed by atoms with Crippen LogP contribution in [-0.2, 0) is 29.5 Å². The fourth-order valence-electron chi connectivity index (χ4n) is 3.74. The summed E-state index contributed by atoms with van der Waals surface area (Å²) in [5, 5.41) is 13.5. The first-order valence-corrected chi connectivity index (χ1v) is 9.17. The maximum absolute atomic E-state index is 12.9. The Morgan fingerprint density at radius 2 is 1.96 bits per heavy atom. The summed E-state index contributed by atoms with van der Waals surface area (Å²) in [6.45, 7) is 0.477. The summed E-state index contributed by atoms with van der Waals surface area (Å²) in [5.41, 5.74) is 2.76. The Labute approximate surface area is 163 Å². The van der Waals surface area contributed by atoms with Gasteiger partial charge in [-0.3, -0.25) is 14.3 Å². The van der Waals surface area contributed by atoms with Crippen molar-refractivity contribution in [2.75, 3.05) is 20.8 Å². The van der Waals surface area contributed by atoms with Crippen molar-refractivity contribution < 1.29 is 24.2 Å². The van der Waals surface area contributed by atoms with Crippen LogP contribution in [0.5, 0.6) is 11.5 Å². The van der Waals surface area contributed by atoms with E-state index in [1.165, 1.54) is 7.11 Å². The molecule has 0 saturated heterocycles. The van der Waals surface area contributed by atoms with Crippen LogP contribution < -0.4 is 9.47 Å². The molecule has 1 aromatic heterocycles. The third-order valence-electron chi connectivity index (χ3n) is 5.21. The van der Waals surface area contributed by atoms with Crippen LogP contribution in [0.1, 0.15) is 35.7 Å². The molecule has 1 aliphatic rings. The molecule has 2 aromatic rings. The summed E-state index contributed by atoms with van der Waals surface area (Å²) in [6, 6.07) is 5.02. The zero-order valence-corrected chi connectivity index (χ0v) is 16.3. The summed E-state index contributed by atoms with van der Waals surface area (Å²) < 4.78 is 12.5. The molecule has 1 N–H and O–H groups in total. The predicted octanol–water partition coefficient (Wildman–Crippen LogP) is 1.97. The summed E-state index contributed by atoms with van der Waals surface area (Å²) >= 11 is 0. The number of carbonyl (C=O) groups is 2. The van der Waals surface area contributed by atoms with Gasteiger partial charge >= 0.3 is 5.97 Å². The van der Waals surface area contributed by atoms with E-state index in [4.69, 9.17) is 9.47 Å². The van der Waals surface area contributed by atoms with Crippen LogP contribution in [0.25, 0.3) is 0 Å². The maximum atomic E-state index is 12.9. The maximum Gasteiger partial charge on any atom is 0.305 e. The van der Waals surface area contributed by atoms with Crippen LogP contribution in [0.3, 0.4) is 0 Å². The molecule has 1 unspecified atom stereocenters. The summed E-state index contributed by atoms with van der Waals surface area (Å²) in [5.74, 6) is 0.122. The fraction of sp³-hybridized carbons (Fsp3) is 0.450. The van der Waals surface area contributed by atoms with E-state index in [0.717, 1.165) is 16.8 Å². The van der Waals surface area contributed by atoms with Gasteiger partial charge in [-0.05, 0) is 42.2 Å². The van der Waals surface area contributed by atoms with Gasteiger partial charge in [-0.15, -0.1) is 0 Å². The molecule has 1 aliphatic heterocycles. The van der Waals surface area contributed by atoms with Crippen molar-refractivity contribution in [1.82, 2.24) is 14.7 Å². The van der Waals surface area contributed by atoms with Gasteiger partial charge in [-0.1, -0.05) is 0 Å². The Balaban J connectivity index is 1.86. The van der Waals surface area contributed by atoms with Crippen LogP contribution in [0.2, 0.25) is 0 Å². The molecule has 8 heteroatoms. The van der Waals surface area contributed by atoms with Gasteiger partial charge < -0.3 is 19.5 Å². The zero-order chi connectivity index (χ0) is 20.3. The number of carboxylic acids is 1. The Morgan fingerprint density at radius 3 is 2.57 bits per heavy atom. The van der Waals surface area contributed by atoms with E-state index in [-0.39, 0.29) is 12.3 Å². The molecule has 0 radical (unpaired) electrons. The molecule has 0 saturated carbocycles. The fourth-order valence-corrected chi connectivity index (χ4v) is 3.74. The first kappa shape index (κ1) is 19.7. The molecule has 2 heterocycles. The number of fused-ring (bicyclic) bond motifs is 1. The average molecular weight is 387 g/mol. The third-order valence-corrected chi connectivity index (χ3v) is 5.21. The highest BCUT2D eigenvalue weighted by Crippen LogP contribution is 2.39. The van der Waals surface area contributed by atoms with E-state index in [1.807, 2.05) is 19.2 Å². The van der Waals surface area contributed by atoms with Gasteiger partial charge in [0.2, 0.25) is 5.91 Å². The van der Waals surface area contributed by atoms with Crippen molar-refractivity contribution in [3.05, 3.63) is 41.2 Å². The number of benzene rings is 1. The van der Waals surface area contributed by atoms with E-state index >= 15 is 0 Å². The van der Waals surface area contributed by atoms with E-state index in [0.29, 0.717) is 37.3 Å². The first-order chi connectivity index (χ1) is 13.4. The topological polar surface area (TPSA) is 93.9 Å². The van der Waals surface area contributed by atoms with E-state index in [9.17, 15) is 14.7 Å². The van der Waals surface area contributed by atoms with Crippen LogP contribution >= 0.6 is 0 Å². The number of aliphatic carboxylic acids is 1. The summed E-state index contributed by atoms with van der Waals surface area (Å²) in [4.78, 5) is 26.1. The number of methoxy groups -OCH3 is 2. The molecule has 28 heavy (non-hydrogen) atoms. The van der Waals surface area contributed by atoms with Crippen LogP contribution in [0.15, 0.2) is 24.4 Å². The summed E-state index contributed by atoms with van der Waals surface area (Å²) in [6.07, 6.45) is 3.05. The van der Waals surface area contributed by atoms with Gasteiger partial charge in [-0.25, -0.2) is 0 Å². The Hall–Kier alpha value is -3.03. The second kappa shape index (κ2) is 8.33. The van der Waals surface area contributed by atoms with Gasteiger partial charge in [0.05, 0.1) is 26.7 Å². The number of ether oxygens (including phenoxy) is 2. The summed E-state index contributed by atoms with van der Waals surface area (Å²) in [7, 11) is 4.94. The molecular formula is C20H25N3O5. The monoisotopic (exact) mass is 387 g/mol. The van der Waals surface area contributed by atoms with Crippen LogP contribution in [0.4, 0.5) is 0 Å². The van der Waals surface area contributed by atoms with Crippen LogP contribution in [-0.4, -0.2) is 52.4 Å². The third kappa shape index (κ3) is 3.95. The highest BCUT2D eigenvalue weighted by molar-refractivity contribution is 5.79. The minimum absolute atomic E-state index is 0.0621. The Kier molecular flexibility index (Phi) is 5.87. The van der Waals surface area contributed by atoms with Crippen molar-refractivity contribution in [1.29, 1.82) is 0 Å². The second-order valence-corrected chi connectivity index (χ2v) is 6.80. The SMILES string of the molecule is COc1cc2c(cc1OC)C(CC(=O)O)N(C(=O)CCc1ccnn1C)CC2. The van der Waals surface area contributed by atoms with Gasteiger partial charge in [0, 0.05) is 31.9 Å². The lowest BCUT2D eigenvalue weighted by Crippen LogP contribution is -2.41. The van der Waals surface area contributed by atoms with Crippen molar-refractivity contribution >= 4 is 11.9 Å². The number of hydrogen-bond acceptors (Lipinski definition) is 5. The number of carbonyl (C=O) groups excluding carboxylic acids is 1. The Bertz CT molecular complexity index is 877. The smallest absolute Gasteiger partial charge is 0.305 e. The number of nitrogens with zero attached hydrogens (tertiary/aromatic N) is 3. The van der Waals surface area contributed by atoms with Crippen molar-refractivity contribution in [2.24, 2.45) is 7.05 Å². The number of rotatable bonds is 7. The highest BCUT2D eigenvalue weighted by Gasteiger charge is 2.33. The van der Waals surface area contributed by atoms with Gasteiger partial charge in [0.15, 0.2) is 11.5 Å². The largest absolute Gasteiger partial charge is 0.493 e. The number of hydrogen-bond donors (Lipinski definition) is 1. The standard InChI is InChI=1S/C20H25N3O5/c1-22-14(6-8-21-22)4-5-19(24)23-9-7-13-10-17(27-2)18(28-3)11-15(13)16(23)12-20(25)26/h6,8,10-11,16H,4-5,7,9,12H2,1-3H3,(H,25,26). The van der Waals surface area contributed by atoms with Gasteiger partial charge in [0.1, 0.15) is 0 Å². The molecule has 3 rings (SSSR count). The quantitative estimate of drug-likeness (QED) is 0.781. The molecule has 0 bridgehead atoms. The normalized spacial score (nSPS) is 15.8.